The molecule has 1 amide bonds. The third kappa shape index (κ3) is 3.32. The van der Waals surface area contributed by atoms with E-state index in [1.165, 1.54) is 0 Å². The Kier molecular flexibility index (Phi) is 4.40. The normalized spacial score (nSPS) is 10.2. The molecule has 0 atom stereocenters. The second-order valence-electron chi connectivity index (χ2n) is 3.94. The summed E-state index contributed by atoms with van der Waals surface area (Å²) in [5.74, 6) is -0.0994. The van der Waals surface area contributed by atoms with Gasteiger partial charge in [0.25, 0.3) is 5.91 Å². The van der Waals surface area contributed by atoms with E-state index in [-0.39, 0.29) is 5.91 Å². The molecule has 2 aromatic carbocycles. The molecule has 2 aromatic rings. The average Bonchev–Trinajstić information content (AvgIpc) is 2.34. The first-order chi connectivity index (χ1) is 8.56. The first-order valence-corrected chi connectivity index (χ1v) is 7.26. The van der Waals surface area contributed by atoms with Gasteiger partial charge in [-0.3, -0.25) is 4.79 Å². The van der Waals surface area contributed by atoms with Gasteiger partial charge in [-0.1, -0.05) is 6.07 Å². The fourth-order valence-electron chi connectivity index (χ4n) is 1.53. The lowest BCUT2D eigenvalue weighted by atomic mass is 10.2. The van der Waals surface area contributed by atoms with Gasteiger partial charge in [0.15, 0.2) is 0 Å². The molecule has 0 spiro atoms. The van der Waals surface area contributed by atoms with Crippen LogP contribution in [0.25, 0.3) is 0 Å². The molecule has 0 bridgehead atoms. The van der Waals surface area contributed by atoms with Crippen molar-refractivity contribution < 1.29 is 4.79 Å². The summed E-state index contributed by atoms with van der Waals surface area (Å²) in [6.45, 7) is 1.99. The first-order valence-electron chi connectivity index (χ1n) is 5.39. The van der Waals surface area contributed by atoms with Crippen LogP contribution in [0.1, 0.15) is 15.9 Å². The predicted octanol–water partition coefficient (Wildman–Crippen LogP) is 4.61. The van der Waals surface area contributed by atoms with Gasteiger partial charge >= 0.3 is 0 Å². The van der Waals surface area contributed by atoms with Gasteiger partial charge in [-0.25, -0.2) is 0 Å². The second kappa shape index (κ2) is 5.84. The van der Waals surface area contributed by atoms with Gasteiger partial charge in [0, 0.05) is 13.6 Å². The number of benzene rings is 2. The average molecular weight is 416 g/mol. The summed E-state index contributed by atoms with van der Waals surface area (Å²) in [5, 5.41) is 2.90. The summed E-state index contributed by atoms with van der Waals surface area (Å²) in [7, 11) is 0. The van der Waals surface area contributed by atoms with E-state index >= 15 is 0 Å². The Bertz CT molecular complexity index is 581. The van der Waals surface area contributed by atoms with Crippen molar-refractivity contribution in [2.75, 3.05) is 5.32 Å². The zero-order valence-electron chi connectivity index (χ0n) is 9.71. The Morgan fingerprint density at radius 1 is 1.17 bits per heavy atom. The molecule has 0 aliphatic carbocycles. The van der Waals surface area contributed by atoms with E-state index in [4.69, 9.17) is 0 Å². The minimum absolute atomic E-state index is 0.0994. The van der Waals surface area contributed by atoms with E-state index in [0.29, 0.717) is 5.56 Å². The Morgan fingerprint density at radius 2 is 1.83 bits per heavy atom. The van der Waals surface area contributed by atoms with Gasteiger partial charge < -0.3 is 5.32 Å². The van der Waals surface area contributed by atoms with Crippen LogP contribution in [0, 0.1) is 10.5 Å². The van der Waals surface area contributed by atoms with Gasteiger partial charge in [-0.05, 0) is 87.4 Å². The molecule has 0 saturated carbocycles. The van der Waals surface area contributed by atoms with Crippen LogP contribution in [0.2, 0.25) is 0 Å². The topological polar surface area (TPSA) is 29.1 Å². The first kappa shape index (κ1) is 13.5. The molecule has 2 nitrogen and oxygen atoms in total. The molecule has 0 aliphatic rings. The fourth-order valence-corrected chi connectivity index (χ4v) is 2.24. The Hall–Kier alpha value is -0.880. The fraction of sp³-hybridized carbons (Fsp3) is 0.0714. The van der Waals surface area contributed by atoms with Crippen LogP contribution in [0.4, 0.5) is 5.69 Å². The molecule has 0 saturated heterocycles. The van der Waals surface area contributed by atoms with Gasteiger partial charge in [0.2, 0.25) is 0 Å². The van der Waals surface area contributed by atoms with E-state index in [9.17, 15) is 4.79 Å². The van der Waals surface area contributed by atoms with E-state index in [1.807, 2.05) is 49.4 Å². The van der Waals surface area contributed by atoms with Crippen molar-refractivity contribution in [2.24, 2.45) is 0 Å². The number of nitrogens with one attached hydrogen (secondary N) is 1. The van der Waals surface area contributed by atoms with Gasteiger partial charge in [-0.15, -0.1) is 0 Å². The molecule has 0 radical (unpaired) electrons. The quantitative estimate of drug-likeness (QED) is 0.712. The van der Waals surface area contributed by atoms with Gasteiger partial charge in [0.1, 0.15) is 0 Å². The van der Waals surface area contributed by atoms with Crippen LogP contribution >= 0.6 is 38.5 Å². The molecule has 0 heterocycles. The van der Waals surface area contributed by atoms with E-state index in [1.54, 1.807) is 0 Å². The number of amides is 1. The molecule has 92 valence electrons. The number of anilines is 1. The molecule has 0 fully saturated rings. The van der Waals surface area contributed by atoms with Crippen LogP contribution in [0.5, 0.6) is 0 Å². The summed E-state index contributed by atoms with van der Waals surface area (Å²) in [5.41, 5.74) is 2.55. The highest BCUT2D eigenvalue weighted by atomic mass is 127. The molecule has 2 rings (SSSR count). The monoisotopic (exact) mass is 415 g/mol. The van der Waals surface area contributed by atoms with Crippen LogP contribution in [0.15, 0.2) is 46.9 Å². The van der Waals surface area contributed by atoms with Crippen LogP contribution in [0.3, 0.4) is 0 Å². The third-order valence-corrected chi connectivity index (χ3v) is 3.89. The lowest BCUT2D eigenvalue weighted by molar-refractivity contribution is 0.102. The molecule has 0 aromatic heterocycles. The van der Waals surface area contributed by atoms with E-state index < -0.39 is 0 Å². The number of carbonyl (C=O) groups excluding carboxylic acids is 1. The molecule has 0 aliphatic heterocycles. The zero-order chi connectivity index (χ0) is 13.1. The van der Waals surface area contributed by atoms with Crippen molar-refractivity contribution in [3.63, 3.8) is 0 Å². The summed E-state index contributed by atoms with van der Waals surface area (Å²) in [6, 6.07) is 13.3. The Morgan fingerprint density at radius 3 is 2.50 bits per heavy atom. The van der Waals surface area contributed by atoms with Crippen molar-refractivity contribution in [2.45, 2.75) is 6.92 Å². The maximum Gasteiger partial charge on any atom is 0.255 e. The van der Waals surface area contributed by atoms with Crippen molar-refractivity contribution in [3.05, 3.63) is 61.6 Å². The summed E-state index contributed by atoms with van der Waals surface area (Å²) >= 11 is 5.64. The lowest BCUT2D eigenvalue weighted by Crippen LogP contribution is -2.12. The largest absolute Gasteiger partial charge is 0.321 e. The smallest absolute Gasteiger partial charge is 0.255 e. The number of halogens is 2. The molecule has 0 unspecified atom stereocenters. The Balaban J connectivity index is 2.21. The van der Waals surface area contributed by atoms with Crippen molar-refractivity contribution in [1.82, 2.24) is 0 Å². The van der Waals surface area contributed by atoms with E-state index in [0.717, 1.165) is 19.3 Å². The SMILES string of the molecule is Cc1ccc(Br)c(NC(=O)c2ccc(I)cc2)c1. The zero-order valence-corrected chi connectivity index (χ0v) is 13.4. The maximum absolute atomic E-state index is 12.1. The molecular formula is C14H11BrINO. The van der Waals surface area contributed by atoms with Crippen molar-refractivity contribution in [1.29, 1.82) is 0 Å². The number of aryl methyl sites for hydroxylation is 1. The molecule has 18 heavy (non-hydrogen) atoms. The van der Waals surface area contributed by atoms with Gasteiger partial charge in [0.05, 0.1) is 5.69 Å². The highest BCUT2D eigenvalue weighted by molar-refractivity contribution is 14.1. The number of hydrogen-bond donors (Lipinski definition) is 1. The number of rotatable bonds is 2. The maximum atomic E-state index is 12.1. The second-order valence-corrected chi connectivity index (χ2v) is 6.04. The Labute approximate surface area is 128 Å². The minimum Gasteiger partial charge on any atom is -0.321 e. The van der Waals surface area contributed by atoms with Gasteiger partial charge in [-0.2, -0.15) is 0 Å². The number of hydrogen-bond acceptors (Lipinski definition) is 1. The molecular weight excluding hydrogens is 405 g/mol. The highest BCUT2D eigenvalue weighted by Crippen LogP contribution is 2.24. The molecule has 1 N–H and O–H groups in total. The highest BCUT2D eigenvalue weighted by Gasteiger charge is 2.08. The van der Waals surface area contributed by atoms with Crippen molar-refractivity contribution >= 4 is 50.1 Å². The van der Waals surface area contributed by atoms with Crippen LogP contribution in [-0.2, 0) is 0 Å². The minimum atomic E-state index is -0.0994. The lowest BCUT2D eigenvalue weighted by Gasteiger charge is -2.08. The van der Waals surface area contributed by atoms with E-state index in [2.05, 4.69) is 43.8 Å². The third-order valence-electron chi connectivity index (χ3n) is 2.48. The summed E-state index contributed by atoms with van der Waals surface area (Å²) in [4.78, 5) is 12.1. The molecule has 4 heteroatoms. The summed E-state index contributed by atoms with van der Waals surface area (Å²) < 4.78 is 1.99. The summed E-state index contributed by atoms with van der Waals surface area (Å²) in [6.07, 6.45) is 0. The van der Waals surface area contributed by atoms with Crippen molar-refractivity contribution in [3.8, 4) is 0 Å². The predicted molar refractivity (Wildman–Crippen MR) is 86.0 cm³/mol. The number of carbonyl (C=O) groups is 1. The standard InChI is InChI=1S/C14H11BrINO/c1-9-2-7-12(15)13(8-9)17-14(18)10-3-5-11(16)6-4-10/h2-8H,1H3,(H,17,18). The van der Waals surface area contributed by atoms with Crippen LogP contribution < -0.4 is 5.32 Å². The van der Waals surface area contributed by atoms with Crippen LogP contribution in [-0.4, -0.2) is 5.91 Å².